The highest BCUT2D eigenvalue weighted by molar-refractivity contribution is 9.93. The maximum absolute atomic E-state index is 2.75. The molecule has 0 aromatic heterocycles. The first kappa shape index (κ1) is 15.3. The van der Waals surface area contributed by atoms with Crippen LogP contribution in [0.5, 0.6) is 0 Å². The molecule has 4 heteroatoms. The molecule has 0 N–H and O–H groups in total. The Morgan fingerprint density at radius 2 is 0.722 bits per heavy atom. The van der Waals surface area contributed by atoms with Crippen molar-refractivity contribution in [3.8, 4) is 0 Å². The number of nitrogens with zero attached hydrogens (tertiary/aromatic N) is 2. The van der Waals surface area contributed by atoms with Crippen molar-refractivity contribution in [2.24, 2.45) is 11.8 Å². The summed E-state index contributed by atoms with van der Waals surface area (Å²) in [7, 11) is 0. The molecule has 6 heterocycles. The number of fused-ring (bicyclic) bond motifs is 6. The molecule has 0 amide bonds. The molecule has 4 bridgehead atoms. The molecular formula is C14H26Br2N2. The minimum Gasteiger partial charge on any atom is -0.303 e. The van der Waals surface area contributed by atoms with Gasteiger partial charge in [0.05, 0.1) is 0 Å². The molecular weight excluding hydrogens is 356 g/mol. The minimum absolute atomic E-state index is 1.11. The molecule has 6 saturated heterocycles. The molecule has 6 fully saturated rings. The zero-order chi connectivity index (χ0) is 12.8. The van der Waals surface area contributed by atoms with Gasteiger partial charge in [-0.05, 0) is 89.6 Å². The second-order valence-electron chi connectivity index (χ2n) is 6.15. The Morgan fingerprint density at radius 1 is 0.500 bits per heavy atom. The van der Waals surface area contributed by atoms with E-state index >= 15 is 0 Å². The third-order valence-corrected chi connectivity index (χ3v) is 5.12. The van der Waals surface area contributed by atoms with Gasteiger partial charge in [0, 0.05) is 28.3 Å². The molecule has 0 aromatic carbocycles. The van der Waals surface area contributed by atoms with E-state index in [0.29, 0.717) is 0 Å². The molecule has 6 aliphatic heterocycles. The fraction of sp³-hybridized carbons (Fsp3) is 1.00. The lowest BCUT2D eigenvalue weighted by Crippen LogP contribution is -2.41. The fourth-order valence-electron chi connectivity index (χ4n) is 3.73. The van der Waals surface area contributed by atoms with Gasteiger partial charge in [-0.2, -0.15) is 0 Å². The van der Waals surface area contributed by atoms with Gasteiger partial charge in [-0.25, -0.2) is 0 Å². The van der Waals surface area contributed by atoms with Crippen LogP contribution in [0.3, 0.4) is 0 Å². The van der Waals surface area contributed by atoms with E-state index in [1.165, 1.54) is 77.8 Å². The van der Waals surface area contributed by atoms with E-state index in [2.05, 4.69) is 38.1 Å². The first-order chi connectivity index (χ1) is 8.90. The van der Waals surface area contributed by atoms with Gasteiger partial charge in [0.25, 0.3) is 0 Å². The topological polar surface area (TPSA) is 6.48 Å². The van der Waals surface area contributed by atoms with Gasteiger partial charge in [0.15, 0.2) is 0 Å². The van der Waals surface area contributed by atoms with E-state index in [9.17, 15) is 0 Å². The van der Waals surface area contributed by atoms with Crippen molar-refractivity contribution >= 4 is 28.3 Å². The van der Waals surface area contributed by atoms with E-state index in [0.717, 1.165) is 11.8 Å². The predicted molar refractivity (Wildman–Crippen MR) is 85.4 cm³/mol. The Hall–Kier alpha value is 0.880. The Bertz CT molecular complexity index is 152. The van der Waals surface area contributed by atoms with Gasteiger partial charge in [0.1, 0.15) is 0 Å². The van der Waals surface area contributed by atoms with Crippen LogP contribution >= 0.6 is 28.3 Å². The molecule has 18 heavy (non-hydrogen) atoms. The highest BCUT2D eigenvalue weighted by Crippen LogP contribution is 2.26. The lowest BCUT2D eigenvalue weighted by atomic mass is 9.89. The van der Waals surface area contributed by atoms with Gasteiger partial charge < -0.3 is 9.80 Å². The van der Waals surface area contributed by atoms with Crippen LogP contribution in [0.2, 0.25) is 0 Å². The molecule has 6 rings (SSSR count). The summed E-state index contributed by atoms with van der Waals surface area (Å²) in [6.07, 6.45) is 8.92. The van der Waals surface area contributed by atoms with Gasteiger partial charge in [-0.15, -0.1) is 0 Å². The monoisotopic (exact) mass is 380 g/mol. The molecule has 0 spiro atoms. The highest BCUT2D eigenvalue weighted by Gasteiger charge is 2.25. The average molecular weight is 382 g/mol. The summed E-state index contributed by atoms with van der Waals surface area (Å²) in [6, 6.07) is 0. The van der Waals surface area contributed by atoms with Crippen LogP contribution in [0.25, 0.3) is 0 Å². The molecule has 106 valence electrons. The first-order valence-electron chi connectivity index (χ1n) is 7.49. The summed E-state index contributed by atoms with van der Waals surface area (Å²) >= 11 is 5.50. The molecule has 2 nitrogen and oxygen atoms in total. The van der Waals surface area contributed by atoms with Crippen molar-refractivity contribution in [1.29, 1.82) is 0 Å². The van der Waals surface area contributed by atoms with Crippen molar-refractivity contribution in [2.45, 2.75) is 38.5 Å². The number of hydrogen-bond donors (Lipinski definition) is 0. The van der Waals surface area contributed by atoms with Crippen LogP contribution in [-0.2, 0) is 0 Å². The van der Waals surface area contributed by atoms with Crippen LogP contribution in [0.4, 0.5) is 0 Å². The van der Waals surface area contributed by atoms with Crippen LogP contribution in [0.15, 0.2) is 0 Å². The maximum atomic E-state index is 2.75. The van der Waals surface area contributed by atoms with Crippen molar-refractivity contribution in [3.05, 3.63) is 0 Å². The van der Waals surface area contributed by atoms with Crippen molar-refractivity contribution in [3.63, 3.8) is 0 Å². The van der Waals surface area contributed by atoms with E-state index in [-0.39, 0.29) is 0 Å². The van der Waals surface area contributed by atoms with Crippen molar-refractivity contribution in [1.82, 2.24) is 9.80 Å². The minimum atomic E-state index is 1.11. The summed E-state index contributed by atoms with van der Waals surface area (Å²) < 4.78 is 0. The van der Waals surface area contributed by atoms with Gasteiger partial charge in [0.2, 0.25) is 0 Å². The van der Waals surface area contributed by atoms with Gasteiger partial charge >= 0.3 is 0 Å². The summed E-state index contributed by atoms with van der Waals surface area (Å²) in [5, 5.41) is 0. The van der Waals surface area contributed by atoms with Crippen LogP contribution in [-0.4, -0.2) is 49.1 Å². The second-order valence-corrected chi connectivity index (χ2v) is 6.15. The standard InChI is InChI=1S/2C7H13N.Br2/c2*1-4-8-5-2-7(1)3-6-8;1-2/h2*7H,1-6H2;. The van der Waals surface area contributed by atoms with Crippen LogP contribution in [0, 0.1) is 11.8 Å². The predicted octanol–water partition coefficient (Wildman–Crippen LogP) is 3.90. The normalized spacial score (nSPS) is 40.3. The smallest absolute Gasteiger partial charge is 0 e. The number of hydrogen-bond acceptors (Lipinski definition) is 2. The average Bonchev–Trinajstić information content (AvgIpc) is 2.54. The van der Waals surface area contributed by atoms with Crippen LogP contribution < -0.4 is 0 Å². The molecule has 0 aromatic rings. The molecule has 0 aliphatic carbocycles. The van der Waals surface area contributed by atoms with E-state index in [1.54, 1.807) is 0 Å². The fourth-order valence-corrected chi connectivity index (χ4v) is 3.73. The Morgan fingerprint density at radius 3 is 0.778 bits per heavy atom. The molecule has 0 unspecified atom stereocenters. The van der Waals surface area contributed by atoms with Gasteiger partial charge in [-0.1, -0.05) is 0 Å². The van der Waals surface area contributed by atoms with Crippen molar-refractivity contribution in [2.75, 3.05) is 39.3 Å². The summed E-state index contributed by atoms with van der Waals surface area (Å²) in [6.45, 7) is 8.36. The largest absolute Gasteiger partial charge is 0.303 e. The SMILES string of the molecule is BrBr.C1CN2CCC1CC2.C1CN2CCC1CC2. The van der Waals surface area contributed by atoms with Crippen LogP contribution in [0.1, 0.15) is 38.5 Å². The molecule has 0 radical (unpaired) electrons. The number of halogens is 2. The zero-order valence-electron chi connectivity index (χ0n) is 11.3. The maximum Gasteiger partial charge on any atom is 0 e. The van der Waals surface area contributed by atoms with E-state index in [4.69, 9.17) is 0 Å². The first-order valence-corrected chi connectivity index (χ1v) is 11.2. The van der Waals surface area contributed by atoms with Crippen molar-refractivity contribution < 1.29 is 0 Å². The third-order valence-electron chi connectivity index (χ3n) is 5.12. The molecule has 6 aliphatic rings. The number of piperidine rings is 6. The van der Waals surface area contributed by atoms with E-state index in [1.807, 2.05) is 0 Å². The quantitative estimate of drug-likeness (QED) is 0.627. The lowest BCUT2D eigenvalue weighted by molar-refractivity contribution is 0.111. The Balaban J connectivity index is 0.000000118. The molecule has 0 atom stereocenters. The second kappa shape index (κ2) is 8.23. The summed E-state index contributed by atoms with van der Waals surface area (Å²) in [4.78, 5) is 5.17. The molecule has 0 saturated carbocycles. The Labute approximate surface area is 127 Å². The summed E-state index contributed by atoms with van der Waals surface area (Å²) in [5.74, 6) is 2.22. The summed E-state index contributed by atoms with van der Waals surface area (Å²) in [5.41, 5.74) is 0. The van der Waals surface area contributed by atoms with E-state index < -0.39 is 0 Å². The third kappa shape index (κ3) is 4.46. The zero-order valence-corrected chi connectivity index (χ0v) is 14.5. The Kier molecular flexibility index (Phi) is 6.98. The highest BCUT2D eigenvalue weighted by atomic mass is 80.9. The van der Waals surface area contributed by atoms with Gasteiger partial charge in [-0.3, -0.25) is 0 Å². The number of rotatable bonds is 0. The lowest BCUT2D eigenvalue weighted by Gasteiger charge is -2.38.